The quantitative estimate of drug-likeness (QED) is 0.0435. The first-order valence-corrected chi connectivity index (χ1v) is 22.3. The number of carbonyl (C=O) groups is 2. The van der Waals surface area contributed by atoms with Gasteiger partial charge in [-0.3, -0.25) is 9.59 Å². The summed E-state index contributed by atoms with van der Waals surface area (Å²) >= 11 is 0. The molecule has 50 heavy (non-hydrogen) atoms. The number of rotatable bonds is 40. The van der Waals surface area contributed by atoms with Gasteiger partial charge in [0, 0.05) is 6.42 Å². The molecule has 0 aliphatic rings. The van der Waals surface area contributed by atoms with Crippen molar-refractivity contribution in [1.82, 2.24) is 5.32 Å². The van der Waals surface area contributed by atoms with E-state index >= 15 is 0 Å². The van der Waals surface area contributed by atoms with Crippen molar-refractivity contribution in [3.05, 3.63) is 0 Å². The molecular weight excluding hydrogens is 622 g/mol. The van der Waals surface area contributed by atoms with Crippen LogP contribution in [0.3, 0.4) is 0 Å². The number of aliphatic hydroxyl groups is 2. The van der Waals surface area contributed by atoms with Gasteiger partial charge >= 0.3 is 5.97 Å². The van der Waals surface area contributed by atoms with Crippen LogP contribution in [0.1, 0.15) is 245 Å². The second kappa shape index (κ2) is 39.1. The van der Waals surface area contributed by atoms with Gasteiger partial charge in [0.1, 0.15) is 6.10 Å². The zero-order valence-electron chi connectivity index (χ0n) is 33.8. The summed E-state index contributed by atoms with van der Waals surface area (Å²) in [6.45, 7) is 6.45. The Morgan fingerprint density at radius 3 is 1.22 bits per heavy atom. The Balaban J connectivity index is 4.54. The standard InChI is InChI=1S/C44H87NO5/c1-4-7-10-13-16-19-21-22-25-28-31-34-37-44(49)50-40(35-32-29-26-24-20-17-14-11-8-5-2)38-43(48)45-41(39-46)42(47)36-33-30-27-23-18-15-12-9-6-3/h40-42,46-47H,4-39H2,1-3H3,(H,45,48). The molecule has 0 aromatic carbocycles. The predicted molar refractivity (Wildman–Crippen MR) is 214 cm³/mol. The summed E-state index contributed by atoms with van der Waals surface area (Å²) in [7, 11) is 0. The molecule has 0 aliphatic carbocycles. The Morgan fingerprint density at radius 1 is 0.500 bits per heavy atom. The average Bonchev–Trinajstić information content (AvgIpc) is 3.10. The lowest BCUT2D eigenvalue weighted by Gasteiger charge is -2.24. The third kappa shape index (κ3) is 34.0. The third-order valence-corrected chi connectivity index (χ3v) is 10.4. The molecule has 0 radical (unpaired) electrons. The van der Waals surface area contributed by atoms with E-state index in [2.05, 4.69) is 26.1 Å². The van der Waals surface area contributed by atoms with Gasteiger partial charge in [-0.1, -0.05) is 207 Å². The highest BCUT2D eigenvalue weighted by molar-refractivity contribution is 5.77. The summed E-state index contributed by atoms with van der Waals surface area (Å²) in [6.07, 6.45) is 38.7. The Morgan fingerprint density at radius 2 is 0.840 bits per heavy atom. The van der Waals surface area contributed by atoms with Gasteiger partial charge in [0.25, 0.3) is 0 Å². The van der Waals surface area contributed by atoms with Crippen LogP contribution in [0.15, 0.2) is 0 Å². The van der Waals surface area contributed by atoms with E-state index in [9.17, 15) is 19.8 Å². The van der Waals surface area contributed by atoms with E-state index < -0.39 is 18.2 Å². The zero-order valence-corrected chi connectivity index (χ0v) is 33.8. The number of amides is 1. The second-order valence-electron chi connectivity index (χ2n) is 15.5. The average molecular weight is 710 g/mol. The fourth-order valence-electron chi connectivity index (χ4n) is 7.02. The summed E-state index contributed by atoms with van der Waals surface area (Å²) in [5.41, 5.74) is 0. The molecule has 0 aromatic heterocycles. The number of nitrogens with one attached hydrogen (secondary N) is 1. The van der Waals surface area contributed by atoms with Crippen molar-refractivity contribution in [2.75, 3.05) is 6.61 Å². The first-order valence-electron chi connectivity index (χ1n) is 22.3. The van der Waals surface area contributed by atoms with E-state index in [1.165, 1.54) is 154 Å². The van der Waals surface area contributed by atoms with Crippen molar-refractivity contribution < 1.29 is 24.5 Å². The largest absolute Gasteiger partial charge is 0.462 e. The van der Waals surface area contributed by atoms with Crippen molar-refractivity contribution in [3.63, 3.8) is 0 Å². The highest BCUT2D eigenvalue weighted by Gasteiger charge is 2.24. The van der Waals surface area contributed by atoms with Gasteiger partial charge < -0.3 is 20.3 Å². The molecule has 0 spiro atoms. The van der Waals surface area contributed by atoms with Crippen molar-refractivity contribution in [2.45, 2.75) is 264 Å². The van der Waals surface area contributed by atoms with Crippen molar-refractivity contribution >= 4 is 11.9 Å². The summed E-state index contributed by atoms with van der Waals surface area (Å²) in [5.74, 6) is -0.462. The number of esters is 1. The number of ether oxygens (including phenoxy) is 1. The van der Waals surface area contributed by atoms with E-state index in [1.807, 2.05) is 0 Å². The maximum absolute atomic E-state index is 13.1. The molecule has 6 nitrogen and oxygen atoms in total. The zero-order chi connectivity index (χ0) is 36.8. The summed E-state index contributed by atoms with van der Waals surface area (Å²) in [4.78, 5) is 25.9. The number of aliphatic hydroxyl groups excluding tert-OH is 2. The normalized spacial score (nSPS) is 13.3. The van der Waals surface area contributed by atoms with E-state index in [1.54, 1.807) is 0 Å². The molecule has 0 heterocycles. The Hall–Kier alpha value is -1.14. The van der Waals surface area contributed by atoms with E-state index in [0.29, 0.717) is 19.3 Å². The van der Waals surface area contributed by atoms with E-state index in [4.69, 9.17) is 4.74 Å². The van der Waals surface area contributed by atoms with Crippen molar-refractivity contribution in [2.24, 2.45) is 0 Å². The predicted octanol–water partition coefficient (Wildman–Crippen LogP) is 12.4. The highest BCUT2D eigenvalue weighted by atomic mass is 16.5. The fourth-order valence-corrected chi connectivity index (χ4v) is 7.02. The maximum Gasteiger partial charge on any atom is 0.306 e. The topological polar surface area (TPSA) is 95.9 Å². The van der Waals surface area contributed by atoms with Crippen molar-refractivity contribution in [3.8, 4) is 0 Å². The monoisotopic (exact) mass is 710 g/mol. The molecule has 3 unspecified atom stereocenters. The van der Waals surface area contributed by atoms with Gasteiger partial charge in [-0.2, -0.15) is 0 Å². The van der Waals surface area contributed by atoms with Crippen LogP contribution in [0.5, 0.6) is 0 Å². The Bertz CT molecular complexity index is 717. The van der Waals surface area contributed by atoms with Gasteiger partial charge in [-0.05, 0) is 25.7 Å². The van der Waals surface area contributed by atoms with Crippen molar-refractivity contribution in [1.29, 1.82) is 0 Å². The van der Waals surface area contributed by atoms with Crippen LogP contribution in [0.25, 0.3) is 0 Å². The van der Waals surface area contributed by atoms with Crippen LogP contribution >= 0.6 is 0 Å². The van der Waals surface area contributed by atoms with Crippen LogP contribution in [-0.2, 0) is 14.3 Å². The molecule has 0 aromatic rings. The number of hydrogen-bond acceptors (Lipinski definition) is 5. The van der Waals surface area contributed by atoms with Crippen LogP contribution in [0.2, 0.25) is 0 Å². The molecule has 0 fully saturated rings. The first-order chi connectivity index (χ1) is 24.5. The fraction of sp³-hybridized carbons (Fsp3) is 0.955. The molecule has 0 bridgehead atoms. The van der Waals surface area contributed by atoms with Crippen LogP contribution in [-0.4, -0.2) is 46.9 Å². The summed E-state index contributed by atoms with van der Waals surface area (Å²) in [6, 6.07) is -0.689. The highest BCUT2D eigenvalue weighted by Crippen LogP contribution is 2.18. The van der Waals surface area contributed by atoms with Gasteiger partial charge in [0.15, 0.2) is 0 Å². The Kier molecular flexibility index (Phi) is 38.2. The maximum atomic E-state index is 13.1. The SMILES string of the molecule is CCCCCCCCCCCCCCC(=O)OC(CCCCCCCCCCCC)CC(=O)NC(CO)C(O)CCCCCCCCCCC. The molecule has 1 amide bonds. The summed E-state index contributed by atoms with van der Waals surface area (Å²) in [5, 5.41) is 23.5. The number of hydrogen-bond donors (Lipinski definition) is 3. The number of unbranched alkanes of at least 4 members (excludes halogenated alkanes) is 28. The summed E-state index contributed by atoms with van der Waals surface area (Å²) < 4.78 is 5.89. The molecular formula is C44H87NO5. The minimum Gasteiger partial charge on any atom is -0.462 e. The second-order valence-corrected chi connectivity index (χ2v) is 15.5. The Labute approximate surface area is 311 Å². The molecule has 0 aliphatic heterocycles. The molecule has 0 saturated heterocycles. The van der Waals surface area contributed by atoms with Gasteiger partial charge in [0.05, 0.1) is 25.2 Å². The smallest absolute Gasteiger partial charge is 0.306 e. The van der Waals surface area contributed by atoms with Gasteiger partial charge in [-0.15, -0.1) is 0 Å². The molecule has 6 heteroatoms. The van der Waals surface area contributed by atoms with Gasteiger partial charge in [0.2, 0.25) is 5.91 Å². The lowest BCUT2D eigenvalue weighted by molar-refractivity contribution is -0.151. The lowest BCUT2D eigenvalue weighted by Crippen LogP contribution is -2.46. The first kappa shape index (κ1) is 48.9. The lowest BCUT2D eigenvalue weighted by atomic mass is 10.0. The molecule has 0 rings (SSSR count). The third-order valence-electron chi connectivity index (χ3n) is 10.4. The van der Waals surface area contributed by atoms with Crippen LogP contribution in [0, 0.1) is 0 Å². The minimum absolute atomic E-state index is 0.0862. The van der Waals surface area contributed by atoms with Crippen LogP contribution in [0.4, 0.5) is 0 Å². The van der Waals surface area contributed by atoms with Crippen LogP contribution < -0.4 is 5.32 Å². The minimum atomic E-state index is -0.776. The number of carbonyl (C=O) groups excluding carboxylic acids is 2. The molecule has 3 N–H and O–H groups in total. The van der Waals surface area contributed by atoms with E-state index in [0.717, 1.165) is 44.9 Å². The molecule has 0 saturated carbocycles. The molecule has 3 atom stereocenters. The van der Waals surface area contributed by atoms with E-state index in [-0.39, 0.29) is 24.9 Å². The molecule has 298 valence electrons. The van der Waals surface area contributed by atoms with Gasteiger partial charge in [-0.25, -0.2) is 0 Å².